The van der Waals surface area contributed by atoms with E-state index in [9.17, 15) is 14.4 Å². The van der Waals surface area contributed by atoms with Crippen molar-refractivity contribution in [2.24, 2.45) is 0 Å². The summed E-state index contributed by atoms with van der Waals surface area (Å²) < 4.78 is 0. The lowest BCUT2D eigenvalue weighted by Crippen LogP contribution is -2.19. The Morgan fingerprint density at radius 2 is 1.22 bits per heavy atom. The molecule has 0 saturated carbocycles. The molecule has 0 bridgehead atoms. The number of hydrogen-bond acceptors (Lipinski definition) is 5. The number of ketones is 1. The van der Waals surface area contributed by atoms with Crippen molar-refractivity contribution in [2.45, 2.75) is 12.8 Å². The summed E-state index contributed by atoms with van der Waals surface area (Å²) in [6.07, 6.45) is 0.460. The first-order valence-corrected chi connectivity index (χ1v) is 11.7. The van der Waals surface area contributed by atoms with Crippen molar-refractivity contribution >= 4 is 51.6 Å². The molecule has 0 aliphatic carbocycles. The number of carbonyl (C=O) groups is 3. The topological polar surface area (TPSA) is 75.3 Å². The highest BCUT2D eigenvalue weighted by Gasteiger charge is 2.16. The Hall–Kier alpha value is -3.55. The smallest absolute Gasteiger partial charge is 0.229 e. The number of hydrogen-bond donors (Lipinski definition) is 2. The maximum absolute atomic E-state index is 12.9. The Labute approximate surface area is 193 Å². The van der Waals surface area contributed by atoms with Gasteiger partial charge in [-0.05, 0) is 41.1 Å². The summed E-state index contributed by atoms with van der Waals surface area (Å²) in [5.41, 5.74) is 1.83. The van der Waals surface area contributed by atoms with Crippen LogP contribution >= 0.6 is 22.7 Å². The van der Waals surface area contributed by atoms with Gasteiger partial charge in [0, 0.05) is 20.9 Å². The lowest BCUT2D eigenvalue weighted by atomic mass is 10.0. The van der Waals surface area contributed by atoms with Crippen LogP contribution in [0.3, 0.4) is 0 Å². The molecule has 2 N–H and O–H groups in total. The van der Waals surface area contributed by atoms with E-state index in [1.54, 1.807) is 42.5 Å². The average molecular weight is 461 g/mol. The molecule has 4 aromatic rings. The molecule has 0 aliphatic heterocycles. The molecule has 2 aromatic heterocycles. The van der Waals surface area contributed by atoms with Crippen molar-refractivity contribution < 1.29 is 14.4 Å². The van der Waals surface area contributed by atoms with Gasteiger partial charge in [-0.1, -0.05) is 42.5 Å². The molecule has 0 saturated heterocycles. The van der Waals surface area contributed by atoms with Crippen LogP contribution in [0.5, 0.6) is 0 Å². The molecular formula is C25H20N2O3S2. The third kappa shape index (κ3) is 5.57. The molecule has 2 heterocycles. The summed E-state index contributed by atoms with van der Waals surface area (Å²) in [7, 11) is 0. The zero-order valence-electron chi connectivity index (χ0n) is 17.0. The Balaban J connectivity index is 1.58. The summed E-state index contributed by atoms with van der Waals surface area (Å²) in [5.74, 6) is -0.565. The van der Waals surface area contributed by atoms with Crippen molar-refractivity contribution in [3.8, 4) is 0 Å². The van der Waals surface area contributed by atoms with E-state index in [-0.39, 0.29) is 30.4 Å². The van der Waals surface area contributed by atoms with E-state index in [1.165, 1.54) is 22.7 Å². The summed E-state index contributed by atoms with van der Waals surface area (Å²) in [6.45, 7) is 0. The number of thiophene rings is 2. The monoisotopic (exact) mass is 460 g/mol. The van der Waals surface area contributed by atoms with E-state index in [0.29, 0.717) is 22.5 Å². The first-order valence-electron chi connectivity index (χ1n) is 9.97. The molecule has 5 nitrogen and oxygen atoms in total. The molecule has 0 aliphatic rings. The fourth-order valence-electron chi connectivity index (χ4n) is 3.19. The van der Waals surface area contributed by atoms with Gasteiger partial charge in [-0.25, -0.2) is 0 Å². The second-order valence-corrected chi connectivity index (χ2v) is 9.13. The van der Waals surface area contributed by atoms with Crippen LogP contribution in [0, 0.1) is 0 Å². The maximum Gasteiger partial charge on any atom is 0.229 e. The van der Waals surface area contributed by atoms with E-state index >= 15 is 0 Å². The minimum atomic E-state index is -0.217. The van der Waals surface area contributed by atoms with Crippen LogP contribution in [0.25, 0.3) is 0 Å². The highest BCUT2D eigenvalue weighted by atomic mass is 32.1. The number of amides is 2. The van der Waals surface area contributed by atoms with Gasteiger partial charge in [0.05, 0.1) is 24.2 Å². The van der Waals surface area contributed by atoms with Crippen molar-refractivity contribution in [2.75, 3.05) is 10.6 Å². The predicted octanol–water partition coefficient (Wildman–Crippen LogP) is 5.40. The molecule has 32 heavy (non-hydrogen) atoms. The number of nitrogens with one attached hydrogen (secondary N) is 2. The van der Waals surface area contributed by atoms with Crippen LogP contribution in [-0.4, -0.2) is 17.6 Å². The molecule has 0 radical (unpaired) electrons. The van der Waals surface area contributed by atoms with Gasteiger partial charge >= 0.3 is 0 Å². The third-order valence-corrected chi connectivity index (χ3v) is 6.45. The van der Waals surface area contributed by atoms with E-state index in [0.717, 1.165) is 9.75 Å². The fraction of sp³-hybridized carbons (Fsp3) is 0.0800. The normalized spacial score (nSPS) is 10.5. The van der Waals surface area contributed by atoms with Crippen molar-refractivity contribution in [1.82, 2.24) is 0 Å². The molecule has 0 atom stereocenters. The molecule has 0 fully saturated rings. The number of carbonyl (C=O) groups excluding carboxylic acids is 3. The molecular weight excluding hydrogens is 440 g/mol. The van der Waals surface area contributed by atoms with E-state index in [4.69, 9.17) is 0 Å². The molecule has 4 rings (SSSR count). The van der Waals surface area contributed by atoms with Crippen LogP contribution in [0.4, 0.5) is 11.4 Å². The Morgan fingerprint density at radius 1 is 0.625 bits per heavy atom. The molecule has 2 amide bonds. The highest BCUT2D eigenvalue weighted by Crippen LogP contribution is 2.26. The summed E-state index contributed by atoms with van der Waals surface area (Å²) in [4.78, 5) is 39.9. The fourth-order valence-corrected chi connectivity index (χ4v) is 4.59. The number of rotatable bonds is 8. The third-order valence-electron chi connectivity index (χ3n) is 4.70. The van der Waals surface area contributed by atoms with Gasteiger partial charge in [-0.15, -0.1) is 22.7 Å². The van der Waals surface area contributed by atoms with E-state index in [1.807, 2.05) is 41.1 Å². The lowest BCUT2D eigenvalue weighted by molar-refractivity contribution is -0.116. The minimum Gasteiger partial charge on any atom is -0.324 e. The van der Waals surface area contributed by atoms with Gasteiger partial charge in [0.15, 0.2) is 5.78 Å². The Bertz CT molecular complexity index is 1220. The highest BCUT2D eigenvalue weighted by molar-refractivity contribution is 7.10. The summed E-state index contributed by atoms with van der Waals surface area (Å²) in [6, 6.07) is 21.4. The quantitative estimate of drug-likeness (QED) is 0.346. The van der Waals surface area contributed by atoms with Gasteiger partial charge in [0.1, 0.15) is 0 Å². The summed E-state index contributed by atoms with van der Waals surface area (Å²) >= 11 is 3.01. The van der Waals surface area contributed by atoms with Gasteiger partial charge in [0.25, 0.3) is 0 Å². The van der Waals surface area contributed by atoms with Gasteiger partial charge in [-0.2, -0.15) is 0 Å². The minimum absolute atomic E-state index is 0.157. The van der Waals surface area contributed by atoms with Gasteiger partial charge < -0.3 is 10.6 Å². The predicted molar refractivity (Wildman–Crippen MR) is 130 cm³/mol. The lowest BCUT2D eigenvalue weighted by Gasteiger charge is -2.14. The second kappa shape index (κ2) is 10.2. The number of anilines is 2. The van der Waals surface area contributed by atoms with Crippen molar-refractivity contribution in [1.29, 1.82) is 0 Å². The van der Waals surface area contributed by atoms with Crippen molar-refractivity contribution in [3.05, 3.63) is 104 Å². The number of benzene rings is 2. The second-order valence-electron chi connectivity index (χ2n) is 7.06. The summed E-state index contributed by atoms with van der Waals surface area (Å²) in [5, 5.41) is 9.56. The average Bonchev–Trinajstić information content (AvgIpc) is 3.49. The zero-order valence-corrected chi connectivity index (χ0v) is 18.7. The first-order chi connectivity index (χ1) is 15.6. The van der Waals surface area contributed by atoms with Gasteiger partial charge in [0.2, 0.25) is 11.8 Å². The molecule has 7 heteroatoms. The Kier molecular flexibility index (Phi) is 6.89. The molecule has 2 aromatic carbocycles. The van der Waals surface area contributed by atoms with Gasteiger partial charge in [-0.3, -0.25) is 14.4 Å². The molecule has 160 valence electrons. The molecule has 0 unspecified atom stereocenters. The van der Waals surface area contributed by atoms with Crippen LogP contribution in [0.15, 0.2) is 83.6 Å². The first kappa shape index (κ1) is 21.7. The largest absolute Gasteiger partial charge is 0.324 e. The van der Waals surface area contributed by atoms with Crippen LogP contribution in [0.1, 0.15) is 25.7 Å². The SMILES string of the molecule is O=C(Cc1cccs1)Nc1ccc(C(=O)c2ccccc2)cc1NC(=O)Cc1cccs1. The van der Waals surface area contributed by atoms with Crippen LogP contribution < -0.4 is 10.6 Å². The van der Waals surface area contributed by atoms with E-state index < -0.39 is 0 Å². The maximum atomic E-state index is 12.9. The zero-order chi connectivity index (χ0) is 22.3. The van der Waals surface area contributed by atoms with Crippen LogP contribution in [0.2, 0.25) is 0 Å². The van der Waals surface area contributed by atoms with Crippen molar-refractivity contribution in [3.63, 3.8) is 0 Å². The standard InChI is InChI=1S/C25H20N2O3S2/c28-23(15-19-8-4-12-31-19)26-21-11-10-18(25(30)17-6-2-1-3-7-17)14-22(21)27-24(29)16-20-9-5-13-32-20/h1-14H,15-16H2,(H,26,28)(H,27,29). The van der Waals surface area contributed by atoms with E-state index in [2.05, 4.69) is 10.6 Å². The van der Waals surface area contributed by atoms with Crippen LogP contribution in [-0.2, 0) is 22.4 Å². The molecule has 0 spiro atoms. The Morgan fingerprint density at radius 3 is 1.78 bits per heavy atom.